The van der Waals surface area contributed by atoms with Gasteiger partial charge in [0.05, 0.1) is 6.04 Å². The fourth-order valence-electron chi connectivity index (χ4n) is 4.06. The highest BCUT2D eigenvalue weighted by Crippen LogP contribution is 2.31. The molecule has 0 spiro atoms. The van der Waals surface area contributed by atoms with Crippen molar-refractivity contribution in [3.63, 3.8) is 0 Å². The van der Waals surface area contributed by atoms with Crippen LogP contribution in [0, 0.1) is 0 Å². The average Bonchev–Trinajstić information content (AvgIpc) is 2.95. The molecule has 4 heterocycles. The number of carbonyl (C=O) groups is 1. The minimum atomic E-state index is 0.0137. The van der Waals surface area contributed by atoms with Crippen molar-refractivity contribution in [3.8, 4) is 5.88 Å². The molecule has 1 aromatic rings. The van der Waals surface area contributed by atoms with Crippen LogP contribution in [0.1, 0.15) is 23.2 Å². The highest BCUT2D eigenvalue weighted by Gasteiger charge is 2.44. The van der Waals surface area contributed by atoms with Crippen molar-refractivity contribution in [2.24, 2.45) is 0 Å². The second-order valence-corrected chi connectivity index (χ2v) is 6.98. The summed E-state index contributed by atoms with van der Waals surface area (Å²) < 4.78 is 6.14. The zero-order valence-electron chi connectivity index (χ0n) is 13.8. The van der Waals surface area contributed by atoms with Gasteiger partial charge < -0.3 is 14.5 Å². The summed E-state index contributed by atoms with van der Waals surface area (Å²) in [5.41, 5.74) is 0.579. The first-order chi connectivity index (χ1) is 11.1. The van der Waals surface area contributed by atoms with Gasteiger partial charge in [0, 0.05) is 32.4 Å². The third kappa shape index (κ3) is 2.60. The number of carbonyl (C=O) groups excluding carboxylic acids is 1. The standard InChI is InChI=1S/C17H24N4O2/c1-19-8-5-12(6-9-19)21-10-14-15(11-21)23-16-13(4-3-7-18-16)17(22)20(14)2/h3-4,7,12,14-15H,5-6,8-11H2,1-2H3/t14-,15+/m1/s1. The molecule has 0 N–H and O–H groups in total. The quantitative estimate of drug-likeness (QED) is 0.763. The summed E-state index contributed by atoms with van der Waals surface area (Å²) in [7, 11) is 4.08. The third-order valence-corrected chi connectivity index (χ3v) is 5.55. The lowest BCUT2D eigenvalue weighted by Crippen LogP contribution is -2.45. The normalized spacial score (nSPS) is 29.8. The van der Waals surface area contributed by atoms with E-state index in [9.17, 15) is 4.79 Å². The smallest absolute Gasteiger partial charge is 0.259 e. The van der Waals surface area contributed by atoms with Crippen LogP contribution in [-0.2, 0) is 0 Å². The molecule has 1 amide bonds. The number of aromatic nitrogens is 1. The molecular weight excluding hydrogens is 292 g/mol. The summed E-state index contributed by atoms with van der Waals surface area (Å²) in [6.07, 6.45) is 4.10. The highest BCUT2D eigenvalue weighted by molar-refractivity contribution is 5.96. The summed E-state index contributed by atoms with van der Waals surface area (Å²) in [5, 5.41) is 0. The second kappa shape index (κ2) is 5.76. The summed E-state index contributed by atoms with van der Waals surface area (Å²) in [6.45, 7) is 4.08. The number of amides is 1. The van der Waals surface area contributed by atoms with E-state index >= 15 is 0 Å². The Bertz CT molecular complexity index is 600. The van der Waals surface area contributed by atoms with E-state index in [1.165, 1.54) is 12.8 Å². The number of likely N-dealkylation sites (tertiary alicyclic amines) is 2. The third-order valence-electron chi connectivity index (χ3n) is 5.55. The van der Waals surface area contributed by atoms with E-state index in [4.69, 9.17) is 4.74 Å². The van der Waals surface area contributed by atoms with Crippen molar-refractivity contribution >= 4 is 5.91 Å². The highest BCUT2D eigenvalue weighted by atomic mass is 16.5. The number of fused-ring (bicyclic) bond motifs is 2. The molecular formula is C17H24N4O2. The Morgan fingerprint density at radius 1 is 1.22 bits per heavy atom. The molecule has 4 rings (SSSR count). The van der Waals surface area contributed by atoms with E-state index < -0.39 is 0 Å². The topological polar surface area (TPSA) is 48.9 Å². The fourth-order valence-corrected chi connectivity index (χ4v) is 4.06. The lowest BCUT2D eigenvalue weighted by atomic mass is 10.0. The number of hydrogen-bond acceptors (Lipinski definition) is 5. The van der Waals surface area contributed by atoms with Gasteiger partial charge in [0.1, 0.15) is 11.7 Å². The molecule has 1 aromatic heterocycles. The van der Waals surface area contributed by atoms with Crippen LogP contribution in [0.2, 0.25) is 0 Å². The number of hydrogen-bond donors (Lipinski definition) is 0. The monoisotopic (exact) mass is 316 g/mol. The average molecular weight is 316 g/mol. The predicted molar refractivity (Wildman–Crippen MR) is 86.6 cm³/mol. The van der Waals surface area contributed by atoms with Gasteiger partial charge in [0.15, 0.2) is 0 Å². The summed E-state index contributed by atoms with van der Waals surface area (Å²) >= 11 is 0. The van der Waals surface area contributed by atoms with Crippen LogP contribution in [-0.4, -0.2) is 84.1 Å². The molecule has 2 saturated heterocycles. The van der Waals surface area contributed by atoms with Crippen LogP contribution in [0.5, 0.6) is 5.88 Å². The number of pyridine rings is 1. The molecule has 23 heavy (non-hydrogen) atoms. The maximum absolute atomic E-state index is 12.7. The van der Waals surface area contributed by atoms with Crippen molar-refractivity contribution in [2.45, 2.75) is 31.0 Å². The van der Waals surface area contributed by atoms with Crippen LogP contribution in [0.15, 0.2) is 18.3 Å². The Morgan fingerprint density at radius 3 is 2.78 bits per heavy atom. The van der Waals surface area contributed by atoms with E-state index in [1.54, 1.807) is 18.3 Å². The Morgan fingerprint density at radius 2 is 2.00 bits per heavy atom. The largest absolute Gasteiger partial charge is 0.470 e. The van der Waals surface area contributed by atoms with Crippen molar-refractivity contribution in [3.05, 3.63) is 23.9 Å². The summed E-state index contributed by atoms with van der Waals surface area (Å²) in [5.74, 6) is 0.507. The molecule has 0 bridgehead atoms. The van der Waals surface area contributed by atoms with Gasteiger partial charge in [0.25, 0.3) is 5.91 Å². The number of nitrogens with zero attached hydrogens (tertiary/aromatic N) is 4. The first-order valence-corrected chi connectivity index (χ1v) is 8.45. The summed E-state index contributed by atoms with van der Waals surface area (Å²) in [6, 6.07) is 4.31. The molecule has 0 radical (unpaired) electrons. The molecule has 3 aliphatic heterocycles. The predicted octanol–water partition coefficient (Wildman–Crippen LogP) is 0.693. The van der Waals surface area contributed by atoms with Gasteiger partial charge in [-0.15, -0.1) is 0 Å². The van der Waals surface area contributed by atoms with E-state index in [2.05, 4.69) is 21.8 Å². The van der Waals surface area contributed by atoms with Gasteiger partial charge in [0.2, 0.25) is 5.88 Å². The summed E-state index contributed by atoms with van der Waals surface area (Å²) in [4.78, 5) is 23.7. The van der Waals surface area contributed by atoms with Crippen molar-refractivity contribution in [1.82, 2.24) is 19.7 Å². The molecule has 6 heteroatoms. The van der Waals surface area contributed by atoms with Crippen molar-refractivity contribution in [1.29, 1.82) is 0 Å². The van der Waals surface area contributed by atoms with Gasteiger partial charge in [-0.2, -0.15) is 0 Å². The molecule has 0 aromatic carbocycles. The van der Waals surface area contributed by atoms with E-state index in [-0.39, 0.29) is 18.1 Å². The first kappa shape index (κ1) is 14.9. The Hall–Kier alpha value is -1.66. The Balaban J connectivity index is 1.54. The minimum Gasteiger partial charge on any atom is -0.470 e. The van der Waals surface area contributed by atoms with Crippen LogP contribution >= 0.6 is 0 Å². The van der Waals surface area contributed by atoms with Crippen molar-refractivity contribution in [2.75, 3.05) is 40.3 Å². The fraction of sp³-hybridized carbons (Fsp3) is 0.647. The van der Waals surface area contributed by atoms with Crippen LogP contribution in [0.25, 0.3) is 0 Å². The minimum absolute atomic E-state index is 0.0137. The van der Waals surface area contributed by atoms with Crippen molar-refractivity contribution < 1.29 is 9.53 Å². The second-order valence-electron chi connectivity index (χ2n) is 6.98. The van der Waals surface area contributed by atoms with Gasteiger partial charge in [-0.25, -0.2) is 4.98 Å². The molecule has 0 unspecified atom stereocenters. The lowest BCUT2D eigenvalue weighted by Gasteiger charge is -2.35. The number of likely N-dealkylation sites (N-methyl/N-ethyl adjacent to an activating group) is 1. The number of rotatable bonds is 1. The zero-order valence-corrected chi connectivity index (χ0v) is 13.8. The van der Waals surface area contributed by atoms with Crippen LogP contribution in [0.4, 0.5) is 0 Å². The Kier molecular flexibility index (Phi) is 3.73. The zero-order chi connectivity index (χ0) is 16.0. The maximum Gasteiger partial charge on any atom is 0.259 e. The van der Waals surface area contributed by atoms with Crippen LogP contribution < -0.4 is 4.74 Å². The molecule has 124 valence electrons. The van der Waals surface area contributed by atoms with Crippen LogP contribution in [0.3, 0.4) is 0 Å². The number of piperidine rings is 1. The molecule has 6 nitrogen and oxygen atoms in total. The molecule has 0 aliphatic carbocycles. The van der Waals surface area contributed by atoms with Gasteiger partial charge in [-0.3, -0.25) is 9.69 Å². The van der Waals surface area contributed by atoms with Gasteiger partial charge >= 0.3 is 0 Å². The lowest BCUT2D eigenvalue weighted by molar-refractivity contribution is 0.0677. The molecule has 3 aliphatic rings. The number of ether oxygens (including phenoxy) is 1. The first-order valence-electron chi connectivity index (χ1n) is 8.45. The maximum atomic E-state index is 12.7. The van der Waals surface area contributed by atoms with E-state index in [0.717, 1.165) is 26.2 Å². The van der Waals surface area contributed by atoms with E-state index in [1.807, 2.05) is 11.9 Å². The molecule has 2 atom stereocenters. The van der Waals surface area contributed by atoms with Gasteiger partial charge in [-0.05, 0) is 45.1 Å². The molecule has 0 saturated carbocycles. The van der Waals surface area contributed by atoms with Gasteiger partial charge in [-0.1, -0.05) is 0 Å². The SMILES string of the molecule is CN1CCC(N2C[C@@H]3Oc4ncccc4C(=O)N(C)[C@@H]3C2)CC1. The molecule has 2 fully saturated rings. The Labute approximate surface area is 137 Å². The van der Waals surface area contributed by atoms with E-state index in [0.29, 0.717) is 17.5 Å².